The van der Waals surface area contributed by atoms with Crippen molar-refractivity contribution in [2.75, 3.05) is 32.7 Å². The third-order valence-electron chi connectivity index (χ3n) is 4.65. The quantitative estimate of drug-likeness (QED) is 0.363. The molecule has 0 spiro atoms. The Morgan fingerprint density at radius 1 is 1.12 bits per heavy atom. The maximum Gasteiger partial charge on any atom is 0.222 e. The van der Waals surface area contributed by atoms with Crippen LogP contribution in [0.1, 0.15) is 51.0 Å². The van der Waals surface area contributed by atoms with Crippen LogP contribution in [-0.2, 0) is 11.2 Å². The SMILES string of the molecule is CCNC(=NCCCN1CCCC1=O)NCCCCCc1ccccc1. The highest BCUT2D eigenvalue weighted by molar-refractivity contribution is 5.79. The zero-order valence-electron chi connectivity index (χ0n) is 16.2. The average Bonchev–Trinajstić information content (AvgIpc) is 3.07. The van der Waals surface area contributed by atoms with E-state index in [0.29, 0.717) is 5.91 Å². The lowest BCUT2D eigenvalue weighted by Gasteiger charge is -2.15. The first-order chi connectivity index (χ1) is 12.8. The van der Waals surface area contributed by atoms with Crippen molar-refractivity contribution in [2.45, 2.75) is 51.9 Å². The van der Waals surface area contributed by atoms with Crippen LogP contribution in [0.2, 0.25) is 0 Å². The molecule has 1 aliphatic rings. The van der Waals surface area contributed by atoms with Gasteiger partial charge in [0.05, 0.1) is 0 Å². The van der Waals surface area contributed by atoms with Gasteiger partial charge in [-0.25, -0.2) is 0 Å². The van der Waals surface area contributed by atoms with Gasteiger partial charge in [0.1, 0.15) is 0 Å². The molecular formula is C21H34N4O. The van der Waals surface area contributed by atoms with E-state index in [-0.39, 0.29) is 0 Å². The highest BCUT2D eigenvalue weighted by Crippen LogP contribution is 2.09. The lowest BCUT2D eigenvalue weighted by molar-refractivity contribution is -0.127. The summed E-state index contributed by atoms with van der Waals surface area (Å²) in [5.41, 5.74) is 1.42. The van der Waals surface area contributed by atoms with Crippen molar-refractivity contribution in [3.05, 3.63) is 35.9 Å². The number of nitrogens with one attached hydrogen (secondary N) is 2. The topological polar surface area (TPSA) is 56.7 Å². The normalized spacial score (nSPS) is 14.7. The Labute approximate surface area is 158 Å². The minimum absolute atomic E-state index is 0.300. The average molecular weight is 359 g/mol. The van der Waals surface area contributed by atoms with Crippen LogP contribution in [0.5, 0.6) is 0 Å². The summed E-state index contributed by atoms with van der Waals surface area (Å²) in [5, 5.41) is 6.71. The van der Waals surface area contributed by atoms with Crippen molar-refractivity contribution in [1.82, 2.24) is 15.5 Å². The first kappa shape index (κ1) is 20.3. The van der Waals surface area contributed by atoms with Gasteiger partial charge in [-0.05, 0) is 44.6 Å². The zero-order chi connectivity index (χ0) is 18.5. The third-order valence-corrected chi connectivity index (χ3v) is 4.65. The van der Waals surface area contributed by atoms with Crippen LogP contribution in [0.25, 0.3) is 0 Å². The smallest absolute Gasteiger partial charge is 0.222 e. The Morgan fingerprint density at radius 2 is 1.96 bits per heavy atom. The highest BCUT2D eigenvalue weighted by atomic mass is 16.2. The monoisotopic (exact) mass is 358 g/mol. The fourth-order valence-electron chi connectivity index (χ4n) is 3.22. The Bertz CT molecular complexity index is 544. The van der Waals surface area contributed by atoms with Crippen LogP contribution in [-0.4, -0.2) is 49.5 Å². The van der Waals surface area contributed by atoms with E-state index in [0.717, 1.165) is 70.8 Å². The molecule has 5 heteroatoms. The summed E-state index contributed by atoms with van der Waals surface area (Å²) in [5.74, 6) is 1.19. The molecule has 0 aliphatic carbocycles. The number of likely N-dealkylation sites (tertiary alicyclic amines) is 1. The van der Waals surface area contributed by atoms with E-state index in [2.05, 4.69) is 52.9 Å². The molecule has 1 saturated heterocycles. The summed E-state index contributed by atoms with van der Waals surface area (Å²) < 4.78 is 0. The number of benzene rings is 1. The van der Waals surface area contributed by atoms with Gasteiger partial charge in [-0.1, -0.05) is 36.8 Å². The minimum atomic E-state index is 0.300. The molecule has 1 aromatic carbocycles. The maximum atomic E-state index is 11.6. The lowest BCUT2D eigenvalue weighted by Crippen LogP contribution is -2.38. The van der Waals surface area contributed by atoms with E-state index in [1.165, 1.54) is 18.4 Å². The fourth-order valence-corrected chi connectivity index (χ4v) is 3.22. The maximum absolute atomic E-state index is 11.6. The molecular weight excluding hydrogens is 324 g/mol. The van der Waals surface area contributed by atoms with E-state index in [1.807, 2.05) is 4.90 Å². The summed E-state index contributed by atoms with van der Waals surface area (Å²) in [6.45, 7) is 6.41. The molecule has 26 heavy (non-hydrogen) atoms. The van der Waals surface area contributed by atoms with Gasteiger partial charge in [-0.2, -0.15) is 0 Å². The number of carbonyl (C=O) groups excluding carboxylic acids is 1. The molecule has 0 atom stereocenters. The second kappa shape index (κ2) is 12.3. The minimum Gasteiger partial charge on any atom is -0.357 e. The number of hydrogen-bond acceptors (Lipinski definition) is 2. The molecule has 0 radical (unpaired) electrons. The number of aliphatic imine (C=N–C) groups is 1. The van der Waals surface area contributed by atoms with Crippen LogP contribution < -0.4 is 10.6 Å². The number of nitrogens with zero attached hydrogens (tertiary/aromatic N) is 2. The lowest BCUT2D eigenvalue weighted by atomic mass is 10.1. The molecule has 2 N–H and O–H groups in total. The number of carbonyl (C=O) groups is 1. The van der Waals surface area contributed by atoms with Crippen molar-refractivity contribution in [2.24, 2.45) is 4.99 Å². The first-order valence-corrected chi connectivity index (χ1v) is 10.1. The Morgan fingerprint density at radius 3 is 2.69 bits per heavy atom. The van der Waals surface area contributed by atoms with E-state index in [9.17, 15) is 4.79 Å². The summed E-state index contributed by atoms with van der Waals surface area (Å²) >= 11 is 0. The zero-order valence-corrected chi connectivity index (χ0v) is 16.2. The molecule has 1 aliphatic heterocycles. The molecule has 1 fully saturated rings. The molecule has 1 aromatic rings. The van der Waals surface area contributed by atoms with Crippen molar-refractivity contribution < 1.29 is 4.79 Å². The van der Waals surface area contributed by atoms with Crippen LogP contribution in [0.4, 0.5) is 0 Å². The van der Waals surface area contributed by atoms with Crippen LogP contribution in [0, 0.1) is 0 Å². The van der Waals surface area contributed by atoms with Gasteiger partial charge < -0.3 is 15.5 Å². The standard InChI is InChI=1S/C21H34N4O/c1-2-22-21(24-16-10-18-25-17-9-14-20(25)26)23-15-8-4-7-13-19-11-5-3-6-12-19/h3,5-6,11-12H,2,4,7-10,13-18H2,1H3,(H2,22,23,24). The van der Waals surface area contributed by atoms with E-state index in [4.69, 9.17) is 0 Å². The van der Waals surface area contributed by atoms with Gasteiger partial charge >= 0.3 is 0 Å². The second-order valence-corrected chi connectivity index (χ2v) is 6.82. The van der Waals surface area contributed by atoms with E-state index < -0.39 is 0 Å². The largest absolute Gasteiger partial charge is 0.357 e. The van der Waals surface area contributed by atoms with Gasteiger partial charge in [0.15, 0.2) is 5.96 Å². The molecule has 1 amide bonds. The van der Waals surface area contributed by atoms with Gasteiger partial charge in [0.25, 0.3) is 0 Å². The second-order valence-electron chi connectivity index (χ2n) is 6.82. The van der Waals surface area contributed by atoms with Gasteiger partial charge in [-0.15, -0.1) is 0 Å². The van der Waals surface area contributed by atoms with Crippen molar-refractivity contribution in [3.63, 3.8) is 0 Å². The van der Waals surface area contributed by atoms with Gasteiger partial charge in [0.2, 0.25) is 5.91 Å². The molecule has 2 rings (SSSR count). The van der Waals surface area contributed by atoms with Crippen LogP contribution in [0.15, 0.2) is 35.3 Å². The Kier molecular flexibility index (Phi) is 9.62. The van der Waals surface area contributed by atoms with E-state index >= 15 is 0 Å². The Balaban J connectivity index is 1.55. The van der Waals surface area contributed by atoms with E-state index in [1.54, 1.807) is 0 Å². The predicted molar refractivity (Wildman–Crippen MR) is 108 cm³/mol. The Hall–Kier alpha value is -2.04. The van der Waals surface area contributed by atoms with Crippen molar-refractivity contribution in [1.29, 1.82) is 0 Å². The third kappa shape index (κ3) is 7.89. The number of unbranched alkanes of at least 4 members (excludes halogenated alkanes) is 2. The first-order valence-electron chi connectivity index (χ1n) is 10.1. The number of guanidine groups is 1. The predicted octanol–water partition coefficient (Wildman–Crippen LogP) is 2.97. The molecule has 0 saturated carbocycles. The number of hydrogen-bond donors (Lipinski definition) is 2. The molecule has 1 heterocycles. The highest BCUT2D eigenvalue weighted by Gasteiger charge is 2.18. The molecule has 0 bridgehead atoms. The summed E-state index contributed by atoms with van der Waals surface area (Å²) in [6.07, 6.45) is 7.42. The summed E-state index contributed by atoms with van der Waals surface area (Å²) in [7, 11) is 0. The number of aryl methyl sites for hydroxylation is 1. The van der Waals surface area contributed by atoms with Crippen LogP contribution >= 0.6 is 0 Å². The fraction of sp³-hybridized carbons (Fsp3) is 0.619. The van der Waals surface area contributed by atoms with Crippen molar-refractivity contribution >= 4 is 11.9 Å². The summed E-state index contributed by atoms with van der Waals surface area (Å²) in [6, 6.07) is 10.7. The molecule has 5 nitrogen and oxygen atoms in total. The van der Waals surface area contributed by atoms with Crippen LogP contribution in [0.3, 0.4) is 0 Å². The number of amides is 1. The van der Waals surface area contributed by atoms with Gasteiger partial charge in [-0.3, -0.25) is 9.79 Å². The molecule has 0 aromatic heterocycles. The van der Waals surface area contributed by atoms with Crippen molar-refractivity contribution in [3.8, 4) is 0 Å². The molecule has 144 valence electrons. The molecule has 0 unspecified atom stereocenters. The van der Waals surface area contributed by atoms with Gasteiger partial charge in [0, 0.05) is 39.1 Å². The number of rotatable bonds is 11. The summed E-state index contributed by atoms with van der Waals surface area (Å²) in [4.78, 5) is 18.2.